The molecule has 2 rings (SSSR count). The van der Waals surface area contributed by atoms with Crippen molar-refractivity contribution in [1.29, 1.82) is 0 Å². The highest BCUT2D eigenvalue weighted by atomic mass is 32.2. The van der Waals surface area contributed by atoms with Crippen molar-refractivity contribution in [2.24, 2.45) is 5.92 Å². The standard InChI is InChI=1S/C8H14O4S/c1-5-6-3-4-8(2,11-6)7(5)12-13(9)10/h5-7H,3-4H2,1-2H3,(H,9,10)/p-1. The van der Waals surface area contributed by atoms with Crippen LogP contribution in [0.1, 0.15) is 26.7 Å². The summed E-state index contributed by atoms with van der Waals surface area (Å²) in [5.41, 5.74) is -0.385. The normalized spacial score (nSPS) is 51.2. The quantitative estimate of drug-likeness (QED) is 0.624. The number of hydrogen-bond donors (Lipinski definition) is 0. The number of ether oxygens (including phenoxy) is 1. The predicted molar refractivity (Wildman–Crippen MR) is 45.5 cm³/mol. The average Bonchev–Trinajstić information content (AvgIpc) is 2.50. The molecule has 0 radical (unpaired) electrons. The fourth-order valence-corrected chi connectivity index (χ4v) is 3.05. The van der Waals surface area contributed by atoms with Gasteiger partial charge in [-0.25, -0.2) is 4.21 Å². The Labute approximate surface area is 80.1 Å². The van der Waals surface area contributed by atoms with E-state index in [1.165, 1.54) is 0 Å². The van der Waals surface area contributed by atoms with Gasteiger partial charge in [-0.15, -0.1) is 0 Å². The Bertz CT molecular complexity index is 244. The lowest BCUT2D eigenvalue weighted by atomic mass is 9.81. The third-order valence-corrected chi connectivity index (χ3v) is 3.56. The van der Waals surface area contributed by atoms with Crippen molar-refractivity contribution >= 4 is 11.4 Å². The van der Waals surface area contributed by atoms with E-state index in [1.807, 2.05) is 13.8 Å². The van der Waals surface area contributed by atoms with E-state index < -0.39 is 11.4 Å². The summed E-state index contributed by atoms with van der Waals surface area (Å²) in [6, 6.07) is 0. The van der Waals surface area contributed by atoms with Crippen molar-refractivity contribution in [3.8, 4) is 0 Å². The van der Waals surface area contributed by atoms with E-state index >= 15 is 0 Å². The van der Waals surface area contributed by atoms with Crippen molar-refractivity contribution < 1.29 is 17.7 Å². The Hall–Kier alpha value is 0.0300. The third-order valence-electron chi connectivity index (χ3n) is 3.19. The topological polar surface area (TPSA) is 58.6 Å². The van der Waals surface area contributed by atoms with E-state index in [2.05, 4.69) is 0 Å². The van der Waals surface area contributed by atoms with E-state index in [0.717, 1.165) is 12.8 Å². The fraction of sp³-hybridized carbons (Fsp3) is 1.00. The Morgan fingerprint density at radius 1 is 1.69 bits per heavy atom. The summed E-state index contributed by atoms with van der Waals surface area (Å²) in [7, 11) is 0. The highest BCUT2D eigenvalue weighted by Gasteiger charge is 2.56. The zero-order chi connectivity index (χ0) is 9.64. The summed E-state index contributed by atoms with van der Waals surface area (Å²) in [6.07, 6.45) is 1.79. The maximum Gasteiger partial charge on any atom is 0.107 e. The van der Waals surface area contributed by atoms with E-state index in [1.54, 1.807) is 0 Å². The molecule has 13 heavy (non-hydrogen) atoms. The van der Waals surface area contributed by atoms with Gasteiger partial charge in [0.05, 0.1) is 23.1 Å². The van der Waals surface area contributed by atoms with Crippen LogP contribution in [0.4, 0.5) is 0 Å². The molecule has 76 valence electrons. The van der Waals surface area contributed by atoms with Crippen LogP contribution >= 0.6 is 0 Å². The SMILES string of the molecule is CC1C2CCC(C)(O2)C1OS(=O)[O-]. The molecule has 2 fully saturated rings. The first kappa shape index (κ1) is 9.58. The van der Waals surface area contributed by atoms with Gasteiger partial charge in [0.1, 0.15) is 6.10 Å². The van der Waals surface area contributed by atoms with Gasteiger partial charge in [0, 0.05) is 5.92 Å². The van der Waals surface area contributed by atoms with E-state index in [-0.39, 0.29) is 23.7 Å². The zero-order valence-electron chi connectivity index (χ0n) is 7.69. The Balaban J connectivity index is 2.14. The predicted octanol–water partition coefficient (Wildman–Crippen LogP) is 0.753. The summed E-state index contributed by atoms with van der Waals surface area (Å²) >= 11 is -2.43. The fourth-order valence-electron chi connectivity index (χ4n) is 2.50. The van der Waals surface area contributed by atoms with E-state index in [9.17, 15) is 8.76 Å². The molecule has 0 aliphatic carbocycles. The average molecular weight is 205 g/mol. The largest absolute Gasteiger partial charge is 0.750 e. The van der Waals surface area contributed by atoms with Gasteiger partial charge in [0.2, 0.25) is 0 Å². The molecular formula is C8H13O4S-. The summed E-state index contributed by atoms with van der Waals surface area (Å²) in [4.78, 5) is 0. The third kappa shape index (κ3) is 1.44. The molecule has 2 aliphatic rings. The highest BCUT2D eigenvalue weighted by molar-refractivity contribution is 7.74. The van der Waals surface area contributed by atoms with Crippen LogP contribution in [0.15, 0.2) is 0 Å². The van der Waals surface area contributed by atoms with Crippen LogP contribution in [0.5, 0.6) is 0 Å². The highest BCUT2D eigenvalue weighted by Crippen LogP contribution is 2.48. The van der Waals surface area contributed by atoms with Crippen LogP contribution in [0.3, 0.4) is 0 Å². The summed E-state index contributed by atoms with van der Waals surface area (Å²) < 4.78 is 31.4. The molecule has 0 saturated carbocycles. The monoisotopic (exact) mass is 205 g/mol. The van der Waals surface area contributed by atoms with Crippen LogP contribution in [0.2, 0.25) is 0 Å². The Morgan fingerprint density at radius 2 is 2.38 bits per heavy atom. The van der Waals surface area contributed by atoms with Crippen molar-refractivity contribution in [2.45, 2.75) is 44.5 Å². The molecule has 2 saturated heterocycles. The van der Waals surface area contributed by atoms with Crippen molar-refractivity contribution in [3.05, 3.63) is 0 Å². The van der Waals surface area contributed by atoms with Gasteiger partial charge in [0.25, 0.3) is 0 Å². The molecule has 0 aromatic heterocycles. The van der Waals surface area contributed by atoms with Crippen molar-refractivity contribution in [2.75, 3.05) is 0 Å². The van der Waals surface area contributed by atoms with Crippen LogP contribution in [0, 0.1) is 5.92 Å². The number of rotatable bonds is 2. The lowest BCUT2D eigenvalue weighted by Crippen LogP contribution is -2.41. The molecule has 0 aromatic carbocycles. The van der Waals surface area contributed by atoms with Gasteiger partial charge in [-0.05, 0) is 19.8 Å². The first-order chi connectivity index (χ1) is 6.03. The van der Waals surface area contributed by atoms with Gasteiger partial charge >= 0.3 is 0 Å². The molecule has 0 spiro atoms. The van der Waals surface area contributed by atoms with Gasteiger partial charge in [-0.1, -0.05) is 6.92 Å². The Morgan fingerprint density at radius 3 is 2.85 bits per heavy atom. The van der Waals surface area contributed by atoms with Crippen LogP contribution in [-0.4, -0.2) is 26.6 Å². The van der Waals surface area contributed by atoms with Crippen molar-refractivity contribution in [3.63, 3.8) is 0 Å². The second-order valence-corrected chi connectivity index (χ2v) is 4.69. The number of hydrogen-bond acceptors (Lipinski definition) is 4. The minimum atomic E-state index is -2.43. The smallest absolute Gasteiger partial charge is 0.107 e. The number of fused-ring (bicyclic) bond motifs is 2. The summed E-state index contributed by atoms with van der Waals surface area (Å²) in [5, 5.41) is 0. The molecule has 5 atom stereocenters. The second kappa shape index (κ2) is 3.02. The van der Waals surface area contributed by atoms with Crippen LogP contribution < -0.4 is 0 Å². The lowest BCUT2D eigenvalue weighted by molar-refractivity contribution is -0.0199. The van der Waals surface area contributed by atoms with Gasteiger partial charge in [-0.3, -0.25) is 4.18 Å². The van der Waals surface area contributed by atoms with Gasteiger partial charge in [-0.2, -0.15) is 0 Å². The molecule has 5 unspecified atom stereocenters. The molecule has 0 amide bonds. The van der Waals surface area contributed by atoms with E-state index in [0.29, 0.717) is 0 Å². The minimum absolute atomic E-state index is 0.177. The molecule has 0 aromatic rings. The maximum absolute atomic E-state index is 10.4. The zero-order valence-corrected chi connectivity index (χ0v) is 8.50. The van der Waals surface area contributed by atoms with Gasteiger partial charge in [0.15, 0.2) is 0 Å². The Kier molecular flexibility index (Phi) is 2.22. The molecular weight excluding hydrogens is 192 g/mol. The molecule has 4 nitrogen and oxygen atoms in total. The maximum atomic E-state index is 10.4. The molecule has 2 bridgehead atoms. The lowest BCUT2D eigenvalue weighted by Gasteiger charge is -2.31. The van der Waals surface area contributed by atoms with Crippen LogP contribution in [-0.2, 0) is 20.3 Å². The molecule has 0 N–H and O–H groups in total. The summed E-state index contributed by atoms with van der Waals surface area (Å²) in [5.74, 6) is 0.177. The second-order valence-electron chi connectivity index (χ2n) is 4.09. The molecule has 5 heteroatoms. The van der Waals surface area contributed by atoms with Gasteiger partial charge < -0.3 is 9.29 Å². The van der Waals surface area contributed by atoms with Crippen molar-refractivity contribution in [1.82, 2.24) is 0 Å². The minimum Gasteiger partial charge on any atom is -0.750 e. The summed E-state index contributed by atoms with van der Waals surface area (Å²) in [6.45, 7) is 3.90. The van der Waals surface area contributed by atoms with E-state index in [4.69, 9.17) is 8.92 Å². The molecule has 2 heterocycles. The molecule has 2 aliphatic heterocycles. The van der Waals surface area contributed by atoms with Crippen LogP contribution in [0.25, 0.3) is 0 Å². The first-order valence-electron chi connectivity index (χ1n) is 4.47. The first-order valence-corrected chi connectivity index (χ1v) is 5.47.